The van der Waals surface area contributed by atoms with Crippen LogP contribution in [0.25, 0.3) is 0 Å². The third-order valence-corrected chi connectivity index (χ3v) is 5.41. The summed E-state index contributed by atoms with van der Waals surface area (Å²) in [7, 11) is 4.20. The number of rotatable bonds is 4. The number of carbonyl (C=O) groups is 1. The number of nitrogens with one attached hydrogen (secondary N) is 1. The van der Waals surface area contributed by atoms with Crippen LogP contribution in [0.1, 0.15) is 36.0 Å². The summed E-state index contributed by atoms with van der Waals surface area (Å²) in [5.41, 5.74) is 0.768. The van der Waals surface area contributed by atoms with E-state index in [-0.39, 0.29) is 11.4 Å². The summed E-state index contributed by atoms with van der Waals surface area (Å²) in [4.78, 5) is 14.6. The van der Waals surface area contributed by atoms with E-state index in [1.54, 1.807) is 12.1 Å². The first kappa shape index (κ1) is 16.0. The van der Waals surface area contributed by atoms with E-state index in [1.165, 1.54) is 12.8 Å². The van der Waals surface area contributed by atoms with Crippen molar-refractivity contribution in [1.29, 1.82) is 0 Å². The van der Waals surface area contributed by atoms with Crippen molar-refractivity contribution in [2.45, 2.75) is 31.2 Å². The lowest BCUT2D eigenvalue weighted by Crippen LogP contribution is -2.50. The van der Waals surface area contributed by atoms with Crippen LogP contribution in [0.2, 0.25) is 5.02 Å². The van der Waals surface area contributed by atoms with Gasteiger partial charge in [-0.05, 0) is 67.7 Å². The number of nitrogens with zero attached hydrogens (tertiary/aromatic N) is 1. The molecule has 1 aromatic rings. The number of halogens is 2. The summed E-state index contributed by atoms with van der Waals surface area (Å²) in [5.74, 6) is -0.0370. The van der Waals surface area contributed by atoms with Gasteiger partial charge in [0.2, 0.25) is 0 Å². The maximum absolute atomic E-state index is 12.3. The van der Waals surface area contributed by atoms with Gasteiger partial charge in [-0.15, -0.1) is 0 Å². The second-order valence-electron chi connectivity index (χ2n) is 5.63. The van der Waals surface area contributed by atoms with Gasteiger partial charge >= 0.3 is 0 Å². The molecule has 0 unspecified atom stereocenters. The lowest BCUT2D eigenvalue weighted by molar-refractivity contribution is 0.0899. The van der Waals surface area contributed by atoms with Gasteiger partial charge in [-0.1, -0.05) is 24.4 Å². The van der Waals surface area contributed by atoms with Crippen molar-refractivity contribution in [3.63, 3.8) is 0 Å². The Kier molecular flexibility index (Phi) is 5.31. The molecular weight excluding hydrogens is 387 g/mol. The van der Waals surface area contributed by atoms with Gasteiger partial charge in [0.25, 0.3) is 5.91 Å². The highest BCUT2D eigenvalue weighted by molar-refractivity contribution is 14.1. The van der Waals surface area contributed by atoms with Gasteiger partial charge in [0.05, 0.1) is 5.56 Å². The summed E-state index contributed by atoms with van der Waals surface area (Å²) in [6.07, 6.45) is 4.77. The molecule has 1 aliphatic rings. The van der Waals surface area contributed by atoms with Crippen LogP contribution in [0.3, 0.4) is 0 Å². The summed E-state index contributed by atoms with van der Waals surface area (Å²) in [6.45, 7) is 0.696. The zero-order valence-corrected chi connectivity index (χ0v) is 14.8. The van der Waals surface area contributed by atoms with Crippen LogP contribution in [0.4, 0.5) is 0 Å². The van der Waals surface area contributed by atoms with Gasteiger partial charge in [-0.3, -0.25) is 4.79 Å². The highest BCUT2D eigenvalue weighted by atomic mass is 127. The molecule has 1 aromatic carbocycles. The van der Waals surface area contributed by atoms with Crippen LogP contribution in [-0.4, -0.2) is 37.0 Å². The molecule has 0 spiro atoms. The Morgan fingerprint density at radius 2 is 2.05 bits per heavy atom. The highest BCUT2D eigenvalue weighted by Gasteiger charge is 2.36. The van der Waals surface area contributed by atoms with Gasteiger partial charge in [0, 0.05) is 20.7 Å². The quantitative estimate of drug-likeness (QED) is 0.776. The number of hydrogen-bond donors (Lipinski definition) is 1. The van der Waals surface area contributed by atoms with Crippen molar-refractivity contribution >= 4 is 40.1 Å². The fraction of sp³-hybridized carbons (Fsp3) is 0.533. The number of benzene rings is 1. The van der Waals surface area contributed by atoms with E-state index in [0.717, 1.165) is 16.4 Å². The largest absolute Gasteiger partial charge is 0.350 e. The first-order valence-corrected chi connectivity index (χ1v) is 8.31. The van der Waals surface area contributed by atoms with Crippen molar-refractivity contribution in [1.82, 2.24) is 10.2 Å². The fourth-order valence-corrected chi connectivity index (χ4v) is 3.58. The molecule has 1 amide bonds. The number of amides is 1. The van der Waals surface area contributed by atoms with Crippen molar-refractivity contribution in [2.24, 2.45) is 0 Å². The first-order chi connectivity index (χ1) is 9.44. The maximum atomic E-state index is 12.3. The molecule has 0 atom stereocenters. The van der Waals surface area contributed by atoms with Crippen molar-refractivity contribution in [2.75, 3.05) is 20.6 Å². The second-order valence-corrected chi connectivity index (χ2v) is 7.23. The number of carbonyl (C=O) groups excluding carboxylic acids is 1. The molecule has 5 heteroatoms. The van der Waals surface area contributed by atoms with E-state index in [4.69, 9.17) is 11.6 Å². The Bertz CT molecular complexity index is 499. The molecule has 1 fully saturated rings. The zero-order chi connectivity index (χ0) is 14.8. The third kappa shape index (κ3) is 3.46. The van der Waals surface area contributed by atoms with E-state index >= 15 is 0 Å². The number of hydrogen-bond acceptors (Lipinski definition) is 2. The van der Waals surface area contributed by atoms with Gasteiger partial charge in [0.1, 0.15) is 0 Å². The Morgan fingerprint density at radius 1 is 1.40 bits per heavy atom. The molecule has 0 aliphatic heterocycles. The third-order valence-electron chi connectivity index (χ3n) is 4.23. The van der Waals surface area contributed by atoms with Gasteiger partial charge < -0.3 is 10.2 Å². The molecule has 20 heavy (non-hydrogen) atoms. The predicted molar refractivity (Wildman–Crippen MR) is 91.4 cm³/mol. The summed E-state index contributed by atoms with van der Waals surface area (Å²) in [5, 5.41) is 3.68. The summed E-state index contributed by atoms with van der Waals surface area (Å²) in [6, 6.07) is 5.41. The fourth-order valence-electron chi connectivity index (χ4n) is 2.83. The van der Waals surface area contributed by atoms with E-state index in [9.17, 15) is 4.79 Å². The zero-order valence-electron chi connectivity index (χ0n) is 11.9. The molecule has 0 radical (unpaired) electrons. The molecule has 1 saturated carbocycles. The van der Waals surface area contributed by atoms with Crippen LogP contribution in [-0.2, 0) is 0 Å². The Labute approximate surface area is 139 Å². The topological polar surface area (TPSA) is 32.3 Å². The molecule has 0 bridgehead atoms. The van der Waals surface area contributed by atoms with Crippen LogP contribution < -0.4 is 5.32 Å². The SMILES string of the molecule is CN(C)C1(CNC(=O)c2cc(Cl)ccc2I)CCCC1. The normalized spacial score (nSPS) is 17.4. The molecular formula is C15H20ClIN2O. The van der Waals surface area contributed by atoms with Gasteiger partial charge in [-0.25, -0.2) is 0 Å². The Balaban J connectivity index is 2.06. The average molecular weight is 407 g/mol. The maximum Gasteiger partial charge on any atom is 0.252 e. The number of likely N-dealkylation sites (N-methyl/N-ethyl adjacent to an activating group) is 1. The standard InChI is InChI=1S/C15H20ClIN2O/c1-19(2)15(7-3-4-8-15)10-18-14(20)12-9-11(16)5-6-13(12)17/h5-6,9H,3-4,7-8,10H2,1-2H3,(H,18,20). The van der Waals surface area contributed by atoms with E-state index in [0.29, 0.717) is 17.1 Å². The van der Waals surface area contributed by atoms with Gasteiger partial charge in [0.15, 0.2) is 0 Å². The summed E-state index contributed by atoms with van der Waals surface area (Å²) < 4.78 is 0.926. The van der Waals surface area contributed by atoms with Crippen LogP contribution in [0.5, 0.6) is 0 Å². The minimum atomic E-state index is -0.0370. The first-order valence-electron chi connectivity index (χ1n) is 6.85. The molecule has 110 valence electrons. The smallest absolute Gasteiger partial charge is 0.252 e. The van der Waals surface area contributed by atoms with Crippen molar-refractivity contribution in [3.05, 3.63) is 32.4 Å². The highest BCUT2D eigenvalue weighted by Crippen LogP contribution is 2.33. The van der Waals surface area contributed by atoms with E-state index in [2.05, 4.69) is 46.9 Å². The minimum absolute atomic E-state index is 0.0370. The molecule has 3 nitrogen and oxygen atoms in total. The van der Waals surface area contributed by atoms with Crippen LogP contribution in [0.15, 0.2) is 18.2 Å². The average Bonchev–Trinajstić information content (AvgIpc) is 2.89. The van der Waals surface area contributed by atoms with Crippen LogP contribution in [0, 0.1) is 3.57 Å². The van der Waals surface area contributed by atoms with Gasteiger partial charge in [-0.2, -0.15) is 0 Å². The van der Waals surface area contributed by atoms with Crippen LogP contribution >= 0.6 is 34.2 Å². The predicted octanol–water partition coefficient (Wildman–Crippen LogP) is 3.55. The molecule has 1 N–H and O–H groups in total. The Morgan fingerprint density at radius 3 is 2.65 bits per heavy atom. The monoisotopic (exact) mass is 406 g/mol. The summed E-state index contributed by atoms with van der Waals surface area (Å²) >= 11 is 8.14. The van der Waals surface area contributed by atoms with Crippen molar-refractivity contribution in [3.8, 4) is 0 Å². The van der Waals surface area contributed by atoms with E-state index in [1.807, 2.05) is 6.07 Å². The van der Waals surface area contributed by atoms with E-state index < -0.39 is 0 Å². The second kappa shape index (κ2) is 6.62. The molecule has 1 aliphatic carbocycles. The van der Waals surface area contributed by atoms with Crippen molar-refractivity contribution < 1.29 is 4.79 Å². The lowest BCUT2D eigenvalue weighted by Gasteiger charge is -2.36. The molecule has 0 heterocycles. The minimum Gasteiger partial charge on any atom is -0.350 e. The molecule has 2 rings (SSSR count). The molecule has 0 saturated heterocycles. The Hall–Kier alpha value is -0.330. The lowest BCUT2D eigenvalue weighted by atomic mass is 9.96. The molecule has 0 aromatic heterocycles.